The highest BCUT2D eigenvalue weighted by Crippen LogP contribution is 2.46. The van der Waals surface area contributed by atoms with Gasteiger partial charge in [-0.25, -0.2) is 4.98 Å². The Balaban J connectivity index is 1.18. The second-order valence-corrected chi connectivity index (χ2v) is 11.0. The third-order valence-corrected chi connectivity index (χ3v) is 8.28. The van der Waals surface area contributed by atoms with E-state index in [2.05, 4.69) is 30.0 Å². The lowest BCUT2D eigenvalue weighted by atomic mass is 9.73. The van der Waals surface area contributed by atoms with Crippen LogP contribution in [-0.2, 0) is 17.8 Å². The standard InChI is InChI=1S/C24H24ClF3N8O/c1-15-20(30-5-4-29-15)33-9-22(10-33)11-34(12-22)21-32-31-19-8-35(23(13-37-14-23)24(26,27)28)7-16-6-17(25)2-3-18(16)36(19)21/h2-6H,7-14H2,1H3. The van der Waals surface area contributed by atoms with Crippen molar-refractivity contribution in [2.45, 2.75) is 31.7 Å². The van der Waals surface area contributed by atoms with Crippen molar-refractivity contribution in [1.82, 2.24) is 29.6 Å². The highest BCUT2D eigenvalue weighted by Gasteiger charge is 2.64. The summed E-state index contributed by atoms with van der Waals surface area (Å²) in [5, 5.41) is 9.29. The van der Waals surface area contributed by atoms with Crippen molar-refractivity contribution in [1.29, 1.82) is 0 Å². The topological polar surface area (TPSA) is 75.4 Å². The Bertz CT molecular complexity index is 1380. The third kappa shape index (κ3) is 3.38. The van der Waals surface area contributed by atoms with Gasteiger partial charge in [-0.2, -0.15) is 13.2 Å². The molecular weight excluding hydrogens is 509 g/mol. The van der Waals surface area contributed by atoms with Crippen LogP contribution < -0.4 is 9.80 Å². The fourth-order valence-corrected chi connectivity index (χ4v) is 6.24. The van der Waals surface area contributed by atoms with Crippen LogP contribution in [0.25, 0.3) is 5.69 Å². The number of halogens is 4. The van der Waals surface area contributed by atoms with E-state index in [1.807, 2.05) is 17.6 Å². The smallest absolute Gasteiger partial charge is 0.377 e. The largest absolute Gasteiger partial charge is 0.411 e. The van der Waals surface area contributed by atoms with Crippen molar-refractivity contribution in [2.75, 3.05) is 49.2 Å². The number of benzene rings is 1. The Morgan fingerprint density at radius 3 is 2.38 bits per heavy atom. The minimum atomic E-state index is -4.44. The maximum absolute atomic E-state index is 14.2. The van der Waals surface area contributed by atoms with Crippen molar-refractivity contribution < 1.29 is 17.9 Å². The van der Waals surface area contributed by atoms with E-state index < -0.39 is 24.9 Å². The molecule has 0 amide bonds. The average Bonchev–Trinajstić information content (AvgIpc) is 3.07. The minimum absolute atomic E-state index is 0.000876. The molecule has 9 nitrogen and oxygen atoms in total. The molecule has 13 heteroatoms. The molecule has 0 aliphatic carbocycles. The van der Waals surface area contributed by atoms with Gasteiger partial charge in [-0.05, 0) is 30.7 Å². The van der Waals surface area contributed by atoms with Crippen LogP contribution >= 0.6 is 11.6 Å². The molecule has 3 aromatic rings. The van der Waals surface area contributed by atoms with Crippen LogP contribution in [0.4, 0.5) is 24.9 Å². The van der Waals surface area contributed by atoms with Gasteiger partial charge in [0.2, 0.25) is 5.95 Å². The van der Waals surface area contributed by atoms with Crippen molar-refractivity contribution in [3.63, 3.8) is 0 Å². The molecule has 0 unspecified atom stereocenters. The first-order valence-corrected chi connectivity index (χ1v) is 12.5. The Morgan fingerprint density at radius 2 is 1.70 bits per heavy atom. The predicted octanol–water partition coefficient (Wildman–Crippen LogP) is 2.99. The van der Waals surface area contributed by atoms with E-state index in [1.165, 1.54) is 4.90 Å². The molecule has 0 bridgehead atoms. The lowest BCUT2D eigenvalue weighted by molar-refractivity contribution is -0.310. The quantitative estimate of drug-likeness (QED) is 0.510. The zero-order valence-electron chi connectivity index (χ0n) is 20.0. The number of alkyl halides is 3. The van der Waals surface area contributed by atoms with Crippen LogP contribution in [0.3, 0.4) is 0 Å². The van der Waals surface area contributed by atoms with Crippen molar-refractivity contribution in [3.05, 3.63) is 52.7 Å². The predicted molar refractivity (Wildman–Crippen MR) is 129 cm³/mol. The summed E-state index contributed by atoms with van der Waals surface area (Å²) in [6, 6.07) is 5.32. The second-order valence-electron chi connectivity index (χ2n) is 10.6. The molecule has 0 atom stereocenters. The summed E-state index contributed by atoms with van der Waals surface area (Å²) in [4.78, 5) is 14.6. The Kier molecular flexibility index (Phi) is 4.87. The number of ether oxygens (including phenoxy) is 1. The van der Waals surface area contributed by atoms with E-state index in [-0.39, 0.29) is 18.5 Å². The first-order chi connectivity index (χ1) is 17.7. The van der Waals surface area contributed by atoms with Gasteiger partial charge in [0.1, 0.15) is 5.82 Å². The number of aromatic nitrogens is 5. The molecule has 3 saturated heterocycles. The van der Waals surface area contributed by atoms with Gasteiger partial charge in [-0.3, -0.25) is 14.5 Å². The zero-order chi connectivity index (χ0) is 25.6. The maximum atomic E-state index is 14.2. The summed E-state index contributed by atoms with van der Waals surface area (Å²) >= 11 is 6.28. The van der Waals surface area contributed by atoms with E-state index in [9.17, 15) is 13.2 Å². The summed E-state index contributed by atoms with van der Waals surface area (Å²) in [6.07, 6.45) is -1.04. The summed E-state index contributed by atoms with van der Waals surface area (Å²) in [7, 11) is 0. The second kappa shape index (κ2) is 7.78. The number of fused-ring (bicyclic) bond motifs is 3. The molecule has 7 rings (SSSR count). The maximum Gasteiger partial charge on any atom is 0.411 e. The highest BCUT2D eigenvalue weighted by atomic mass is 35.5. The van der Waals surface area contributed by atoms with Gasteiger partial charge in [0.25, 0.3) is 0 Å². The monoisotopic (exact) mass is 532 g/mol. The highest BCUT2D eigenvalue weighted by molar-refractivity contribution is 6.30. The molecule has 194 valence electrons. The first kappa shape index (κ1) is 23.2. The molecule has 6 heterocycles. The lowest BCUT2D eigenvalue weighted by Gasteiger charge is -2.60. The average molecular weight is 533 g/mol. The Hall–Kier alpha value is -2.96. The number of rotatable bonds is 3. The summed E-state index contributed by atoms with van der Waals surface area (Å²) in [6.45, 7) is 4.56. The summed E-state index contributed by atoms with van der Waals surface area (Å²) in [5.74, 6) is 2.02. The summed E-state index contributed by atoms with van der Waals surface area (Å²) in [5.41, 5.74) is 0.434. The van der Waals surface area contributed by atoms with Gasteiger partial charge in [0, 0.05) is 55.6 Å². The number of anilines is 2. The van der Waals surface area contributed by atoms with Crippen LogP contribution in [-0.4, -0.2) is 80.7 Å². The summed E-state index contributed by atoms with van der Waals surface area (Å²) < 4.78 is 49.6. The molecular formula is C24H24ClF3N8O. The molecule has 2 aromatic heterocycles. The van der Waals surface area contributed by atoms with E-state index in [4.69, 9.17) is 16.3 Å². The lowest BCUT2D eigenvalue weighted by Crippen LogP contribution is -2.73. The van der Waals surface area contributed by atoms with Crippen LogP contribution in [0.5, 0.6) is 0 Å². The van der Waals surface area contributed by atoms with E-state index >= 15 is 0 Å². The van der Waals surface area contributed by atoms with Crippen LogP contribution in [0.2, 0.25) is 5.02 Å². The van der Waals surface area contributed by atoms with Crippen LogP contribution in [0, 0.1) is 12.3 Å². The molecule has 37 heavy (non-hydrogen) atoms. The molecule has 1 spiro atoms. The fraction of sp³-hybridized carbons (Fsp3) is 0.500. The molecule has 3 fully saturated rings. The molecule has 4 aliphatic heterocycles. The van der Waals surface area contributed by atoms with Gasteiger partial charge < -0.3 is 14.5 Å². The Morgan fingerprint density at radius 1 is 0.973 bits per heavy atom. The van der Waals surface area contributed by atoms with Gasteiger partial charge >= 0.3 is 6.18 Å². The molecule has 0 radical (unpaired) electrons. The number of aryl methyl sites for hydroxylation is 1. The van der Waals surface area contributed by atoms with Crippen molar-refractivity contribution in [2.24, 2.45) is 5.41 Å². The molecule has 0 saturated carbocycles. The SMILES string of the molecule is Cc1nccnc1N1CC2(C1)CN(c1nnc3n1-c1ccc(Cl)cc1CN(C1(C(F)(F)F)COC1)C3)C2. The van der Waals surface area contributed by atoms with E-state index in [0.29, 0.717) is 22.4 Å². The van der Waals surface area contributed by atoms with Gasteiger partial charge in [-0.15, -0.1) is 10.2 Å². The number of hydrogen-bond acceptors (Lipinski definition) is 8. The minimum Gasteiger partial charge on any atom is -0.377 e. The zero-order valence-corrected chi connectivity index (χ0v) is 20.8. The fourth-order valence-electron chi connectivity index (χ4n) is 6.04. The molecule has 1 aromatic carbocycles. The van der Waals surface area contributed by atoms with Crippen LogP contribution in [0.1, 0.15) is 17.1 Å². The van der Waals surface area contributed by atoms with E-state index in [1.54, 1.807) is 24.5 Å². The van der Waals surface area contributed by atoms with Gasteiger partial charge in [-0.1, -0.05) is 11.6 Å². The Labute approximate surface area is 215 Å². The van der Waals surface area contributed by atoms with E-state index in [0.717, 1.165) is 43.4 Å². The third-order valence-electron chi connectivity index (χ3n) is 8.05. The van der Waals surface area contributed by atoms with Gasteiger partial charge in [0.15, 0.2) is 11.4 Å². The number of nitrogens with zero attached hydrogens (tertiary/aromatic N) is 8. The normalized spacial score (nSPS) is 22.0. The van der Waals surface area contributed by atoms with Crippen molar-refractivity contribution in [3.8, 4) is 5.69 Å². The number of hydrogen-bond donors (Lipinski definition) is 0. The van der Waals surface area contributed by atoms with Crippen molar-refractivity contribution >= 4 is 23.4 Å². The molecule has 0 N–H and O–H groups in total. The molecule has 4 aliphatic rings. The van der Waals surface area contributed by atoms with Crippen LogP contribution in [0.15, 0.2) is 30.6 Å². The first-order valence-electron chi connectivity index (χ1n) is 12.1. The van der Waals surface area contributed by atoms with Gasteiger partial charge in [0.05, 0.1) is 31.1 Å².